The van der Waals surface area contributed by atoms with Crippen LogP contribution in [0.5, 0.6) is 11.5 Å². The van der Waals surface area contributed by atoms with Gasteiger partial charge in [0.25, 0.3) is 0 Å². The van der Waals surface area contributed by atoms with Crippen molar-refractivity contribution in [3.8, 4) is 11.5 Å². The molecule has 1 aromatic heterocycles. The van der Waals surface area contributed by atoms with Crippen LogP contribution in [0.3, 0.4) is 0 Å². The molecule has 6 rings (SSSR count). The summed E-state index contributed by atoms with van der Waals surface area (Å²) in [5, 5.41) is 1.07. The molecule has 36 heavy (non-hydrogen) atoms. The number of hydrogen-bond acceptors (Lipinski definition) is 4. The number of methoxy groups -OCH3 is 2. The Balaban J connectivity index is 1.51. The molecule has 1 saturated heterocycles. The minimum atomic E-state index is -0.609. The molecule has 2 amide bonds. The summed E-state index contributed by atoms with van der Waals surface area (Å²) in [6.45, 7) is 0.437. The van der Waals surface area contributed by atoms with Crippen LogP contribution >= 0.6 is 0 Å². The molecule has 0 aliphatic carbocycles. The fourth-order valence-corrected chi connectivity index (χ4v) is 5.71. The number of benzene rings is 3. The molecule has 4 aromatic rings. The molecule has 2 atom stereocenters. The molecule has 1 fully saturated rings. The standard InChI is InChI=1S/C29H27N3O4/c1-35-24-14-8-12-20(28(24)36-2)27-26-21(19-11-6-7-13-22(19)30-26)15-23-29(34)31(17-25(33)32(23)27)16-18-9-4-3-5-10-18/h3-14,23,27,30H,15-17H2,1-2H3/t23-,27+/m0/s1. The lowest BCUT2D eigenvalue weighted by Crippen LogP contribution is -2.62. The number of H-pyrrole nitrogens is 1. The normalized spacial score (nSPS) is 19.3. The van der Waals surface area contributed by atoms with Gasteiger partial charge in [0.15, 0.2) is 11.5 Å². The Morgan fingerprint density at radius 3 is 2.47 bits per heavy atom. The SMILES string of the molecule is COc1cccc([C@@H]2c3[nH]c4ccccc4c3C[C@H]3C(=O)N(Cc4ccccc4)CC(=O)N23)c1OC. The Morgan fingerprint density at radius 2 is 1.69 bits per heavy atom. The molecule has 182 valence electrons. The van der Waals surface area contributed by atoms with E-state index in [2.05, 4.69) is 11.1 Å². The van der Waals surface area contributed by atoms with Gasteiger partial charge in [-0.15, -0.1) is 0 Å². The van der Waals surface area contributed by atoms with Gasteiger partial charge in [-0.3, -0.25) is 9.59 Å². The zero-order valence-electron chi connectivity index (χ0n) is 20.2. The third-order valence-corrected chi connectivity index (χ3v) is 7.29. The van der Waals surface area contributed by atoms with E-state index in [1.54, 1.807) is 24.0 Å². The van der Waals surface area contributed by atoms with Gasteiger partial charge in [0.2, 0.25) is 11.8 Å². The van der Waals surface area contributed by atoms with Crippen LogP contribution in [0.4, 0.5) is 0 Å². The van der Waals surface area contributed by atoms with Gasteiger partial charge in [0.1, 0.15) is 18.6 Å². The van der Waals surface area contributed by atoms with E-state index < -0.39 is 12.1 Å². The highest BCUT2D eigenvalue weighted by Crippen LogP contribution is 2.47. The van der Waals surface area contributed by atoms with Crippen molar-refractivity contribution in [3.05, 3.63) is 95.2 Å². The van der Waals surface area contributed by atoms with Crippen molar-refractivity contribution < 1.29 is 19.1 Å². The number of aromatic amines is 1. The average molecular weight is 482 g/mol. The number of aromatic nitrogens is 1. The van der Waals surface area contributed by atoms with Gasteiger partial charge < -0.3 is 24.3 Å². The number of nitrogens with zero attached hydrogens (tertiary/aromatic N) is 2. The molecule has 7 heteroatoms. The van der Waals surface area contributed by atoms with Crippen LogP contribution in [0.25, 0.3) is 10.9 Å². The van der Waals surface area contributed by atoms with Crippen LogP contribution < -0.4 is 9.47 Å². The Hall–Kier alpha value is -4.26. The van der Waals surface area contributed by atoms with E-state index in [4.69, 9.17) is 9.47 Å². The fraction of sp³-hybridized carbons (Fsp3) is 0.241. The first-order valence-corrected chi connectivity index (χ1v) is 12.0. The average Bonchev–Trinajstić information content (AvgIpc) is 3.29. The van der Waals surface area contributed by atoms with Crippen molar-refractivity contribution in [2.75, 3.05) is 20.8 Å². The van der Waals surface area contributed by atoms with Crippen molar-refractivity contribution in [1.82, 2.24) is 14.8 Å². The smallest absolute Gasteiger partial charge is 0.246 e. The molecule has 7 nitrogen and oxygen atoms in total. The summed E-state index contributed by atoms with van der Waals surface area (Å²) in [5.41, 5.74) is 4.74. The number of carbonyl (C=O) groups is 2. The summed E-state index contributed by atoms with van der Waals surface area (Å²) in [6.07, 6.45) is 0.456. The highest BCUT2D eigenvalue weighted by atomic mass is 16.5. The van der Waals surface area contributed by atoms with E-state index in [1.165, 1.54) is 0 Å². The van der Waals surface area contributed by atoms with Crippen molar-refractivity contribution in [1.29, 1.82) is 0 Å². The molecular weight excluding hydrogens is 454 g/mol. The molecule has 0 bridgehead atoms. The number of piperazine rings is 1. The van der Waals surface area contributed by atoms with Gasteiger partial charge in [-0.05, 0) is 23.3 Å². The quantitative estimate of drug-likeness (QED) is 0.466. The van der Waals surface area contributed by atoms with E-state index in [9.17, 15) is 9.59 Å². The van der Waals surface area contributed by atoms with Crippen LogP contribution in [0, 0.1) is 0 Å². The summed E-state index contributed by atoms with van der Waals surface area (Å²) < 4.78 is 11.3. The first kappa shape index (κ1) is 22.2. The number of amides is 2. The molecule has 3 heterocycles. The van der Waals surface area contributed by atoms with Crippen LogP contribution in [-0.4, -0.2) is 53.4 Å². The minimum absolute atomic E-state index is 0.0303. The van der Waals surface area contributed by atoms with Crippen LogP contribution in [-0.2, 0) is 22.6 Å². The molecule has 2 aliphatic heterocycles. The first-order chi connectivity index (χ1) is 17.6. The Morgan fingerprint density at radius 1 is 0.917 bits per heavy atom. The summed E-state index contributed by atoms with van der Waals surface area (Å²) in [7, 11) is 3.19. The molecular formula is C29H27N3O4. The monoisotopic (exact) mass is 481 g/mol. The van der Waals surface area contributed by atoms with Crippen LogP contribution in [0.1, 0.15) is 28.4 Å². The summed E-state index contributed by atoms with van der Waals surface area (Å²) in [4.78, 5) is 34.7. The third-order valence-electron chi connectivity index (χ3n) is 7.29. The van der Waals surface area contributed by atoms with Crippen molar-refractivity contribution in [2.45, 2.75) is 25.0 Å². The zero-order valence-corrected chi connectivity index (χ0v) is 20.2. The van der Waals surface area contributed by atoms with E-state index in [0.717, 1.165) is 33.3 Å². The first-order valence-electron chi connectivity index (χ1n) is 12.0. The van der Waals surface area contributed by atoms with E-state index >= 15 is 0 Å². The molecule has 3 aromatic carbocycles. The van der Waals surface area contributed by atoms with E-state index in [-0.39, 0.29) is 18.4 Å². The van der Waals surface area contributed by atoms with Gasteiger partial charge in [0, 0.05) is 35.1 Å². The maximum atomic E-state index is 13.9. The maximum absolute atomic E-state index is 13.9. The van der Waals surface area contributed by atoms with Crippen molar-refractivity contribution >= 4 is 22.7 Å². The predicted octanol–water partition coefficient (Wildman–Crippen LogP) is 4.07. The van der Waals surface area contributed by atoms with Crippen molar-refractivity contribution in [3.63, 3.8) is 0 Å². The van der Waals surface area contributed by atoms with E-state index in [0.29, 0.717) is 24.5 Å². The number of para-hydroxylation sites is 2. The number of fused-ring (bicyclic) bond motifs is 4. The second-order valence-electron chi connectivity index (χ2n) is 9.25. The molecule has 0 spiro atoms. The number of nitrogens with one attached hydrogen (secondary N) is 1. The van der Waals surface area contributed by atoms with Gasteiger partial charge >= 0.3 is 0 Å². The Bertz CT molecular complexity index is 1460. The number of rotatable bonds is 5. The Labute approximate surface area is 209 Å². The largest absolute Gasteiger partial charge is 0.493 e. The highest BCUT2D eigenvalue weighted by Gasteiger charge is 2.49. The second kappa shape index (κ2) is 8.75. The van der Waals surface area contributed by atoms with Crippen LogP contribution in [0.15, 0.2) is 72.8 Å². The minimum Gasteiger partial charge on any atom is -0.493 e. The second-order valence-corrected chi connectivity index (χ2v) is 9.25. The topological polar surface area (TPSA) is 74.9 Å². The number of carbonyl (C=O) groups excluding carboxylic acids is 2. The van der Waals surface area contributed by atoms with E-state index in [1.807, 2.05) is 66.7 Å². The van der Waals surface area contributed by atoms with Crippen molar-refractivity contribution in [2.24, 2.45) is 0 Å². The van der Waals surface area contributed by atoms with Gasteiger partial charge in [-0.1, -0.05) is 60.7 Å². The summed E-state index contributed by atoms with van der Waals surface area (Å²) >= 11 is 0. The molecule has 0 radical (unpaired) electrons. The van der Waals surface area contributed by atoms with Crippen LogP contribution in [0.2, 0.25) is 0 Å². The van der Waals surface area contributed by atoms with Gasteiger partial charge in [-0.25, -0.2) is 0 Å². The summed E-state index contributed by atoms with van der Waals surface area (Å²) in [6, 6.07) is 22.4. The fourth-order valence-electron chi connectivity index (χ4n) is 5.71. The number of ether oxygens (including phenoxy) is 2. The van der Waals surface area contributed by atoms with Gasteiger partial charge in [0.05, 0.1) is 14.2 Å². The van der Waals surface area contributed by atoms with Gasteiger partial charge in [-0.2, -0.15) is 0 Å². The molecule has 0 unspecified atom stereocenters. The number of hydrogen-bond donors (Lipinski definition) is 1. The predicted molar refractivity (Wildman–Crippen MR) is 136 cm³/mol. The molecule has 1 N–H and O–H groups in total. The summed E-state index contributed by atoms with van der Waals surface area (Å²) in [5.74, 6) is 1.01. The molecule has 2 aliphatic rings. The zero-order chi connectivity index (χ0) is 24.8. The highest BCUT2D eigenvalue weighted by molar-refractivity contribution is 5.97. The Kier molecular flexibility index (Phi) is 5.40. The lowest BCUT2D eigenvalue weighted by atomic mass is 9.85. The third kappa shape index (κ3) is 3.42. The maximum Gasteiger partial charge on any atom is 0.246 e. The lowest BCUT2D eigenvalue weighted by molar-refractivity contribution is -0.159. The molecule has 0 saturated carbocycles. The lowest BCUT2D eigenvalue weighted by Gasteiger charge is -2.47.